The van der Waals surface area contributed by atoms with Crippen LogP contribution in [0.3, 0.4) is 0 Å². The van der Waals surface area contributed by atoms with Crippen LogP contribution in [0.2, 0.25) is 0 Å². The Balaban J connectivity index is 1.60. The lowest BCUT2D eigenvalue weighted by Gasteiger charge is -2.30. The number of amides is 3. The molecule has 7 nitrogen and oxygen atoms in total. The minimum Gasteiger partial charge on any atom is -0.390 e. The summed E-state index contributed by atoms with van der Waals surface area (Å²) in [4.78, 5) is 26.6. The Morgan fingerprint density at radius 3 is 2.76 bits per heavy atom. The molecule has 0 aromatic heterocycles. The number of hydrogen-bond donors (Lipinski definition) is 3. The molecule has 1 aromatic rings. The number of morpholine rings is 1. The van der Waals surface area contributed by atoms with Crippen molar-refractivity contribution in [1.29, 1.82) is 0 Å². The highest BCUT2D eigenvalue weighted by Gasteiger charge is 2.33. The third kappa shape index (κ3) is 3.93. The summed E-state index contributed by atoms with van der Waals surface area (Å²) in [6.45, 7) is 4.02. The summed E-state index contributed by atoms with van der Waals surface area (Å²) in [5.74, 6) is -0.0895. The topological polar surface area (TPSA) is 90.9 Å². The summed E-state index contributed by atoms with van der Waals surface area (Å²) < 4.78 is 5.26. The van der Waals surface area contributed by atoms with Gasteiger partial charge in [-0.3, -0.25) is 4.79 Å². The fourth-order valence-electron chi connectivity index (χ4n) is 3.43. The zero-order valence-corrected chi connectivity index (χ0v) is 14.4. The molecule has 1 unspecified atom stereocenters. The van der Waals surface area contributed by atoms with Gasteiger partial charge in [-0.05, 0) is 17.5 Å². The normalized spacial score (nSPS) is 23.7. The Morgan fingerprint density at radius 1 is 1.32 bits per heavy atom. The van der Waals surface area contributed by atoms with Crippen molar-refractivity contribution in [2.45, 2.75) is 38.0 Å². The number of ether oxygens (including phenoxy) is 1. The highest BCUT2D eigenvalue weighted by atomic mass is 16.5. The van der Waals surface area contributed by atoms with Crippen LogP contribution in [-0.4, -0.2) is 60.4 Å². The fraction of sp³-hybridized carbons (Fsp3) is 0.556. The molecule has 1 saturated heterocycles. The first-order valence-corrected chi connectivity index (χ1v) is 8.79. The second kappa shape index (κ2) is 7.84. The molecule has 3 N–H and O–H groups in total. The quantitative estimate of drug-likeness (QED) is 0.743. The maximum Gasteiger partial charge on any atom is 0.316 e. The number of rotatable bonds is 4. The molecule has 0 radical (unpaired) electrons. The summed E-state index contributed by atoms with van der Waals surface area (Å²) in [5, 5.41) is 15.8. The van der Waals surface area contributed by atoms with E-state index in [1.807, 2.05) is 31.2 Å². The van der Waals surface area contributed by atoms with Crippen LogP contribution in [0.1, 0.15) is 30.5 Å². The first kappa shape index (κ1) is 17.7. The van der Waals surface area contributed by atoms with Crippen molar-refractivity contribution < 1.29 is 19.4 Å². The van der Waals surface area contributed by atoms with Crippen molar-refractivity contribution in [3.8, 4) is 0 Å². The molecule has 1 heterocycles. The smallest absolute Gasteiger partial charge is 0.316 e. The molecule has 3 rings (SSSR count). The number of urea groups is 1. The largest absolute Gasteiger partial charge is 0.390 e. The van der Waals surface area contributed by atoms with Gasteiger partial charge in [-0.15, -0.1) is 0 Å². The number of aliphatic hydroxyl groups excluding tert-OH is 1. The second-order valence-electron chi connectivity index (χ2n) is 6.46. The maximum atomic E-state index is 12.5. The predicted octanol–water partition coefficient (Wildman–Crippen LogP) is 0.581. The van der Waals surface area contributed by atoms with Crippen LogP contribution in [0.15, 0.2) is 24.3 Å². The van der Waals surface area contributed by atoms with E-state index in [9.17, 15) is 14.7 Å². The Labute approximate surface area is 147 Å². The number of nitrogens with one attached hydrogen (secondary N) is 2. The molecule has 1 aromatic carbocycles. The Kier molecular flexibility index (Phi) is 5.55. The van der Waals surface area contributed by atoms with Gasteiger partial charge in [0, 0.05) is 19.5 Å². The Hall–Kier alpha value is -2.12. The molecule has 7 heteroatoms. The highest BCUT2D eigenvalue weighted by Crippen LogP contribution is 2.31. The molecule has 1 fully saturated rings. The molecule has 0 spiro atoms. The van der Waals surface area contributed by atoms with E-state index in [0.29, 0.717) is 39.1 Å². The minimum absolute atomic E-state index is 0.0895. The first-order chi connectivity index (χ1) is 12.1. The van der Waals surface area contributed by atoms with Crippen LogP contribution in [0, 0.1) is 0 Å². The van der Waals surface area contributed by atoms with Crippen molar-refractivity contribution >= 4 is 11.9 Å². The average molecular weight is 347 g/mol. The number of nitrogens with zero attached hydrogens (tertiary/aromatic N) is 1. The lowest BCUT2D eigenvalue weighted by atomic mass is 10.1. The molecule has 3 amide bonds. The molecule has 2 aliphatic rings. The Morgan fingerprint density at radius 2 is 2.04 bits per heavy atom. The van der Waals surface area contributed by atoms with Crippen molar-refractivity contribution in [3.05, 3.63) is 35.4 Å². The molecule has 1 aliphatic heterocycles. The lowest BCUT2D eigenvalue weighted by Crippen LogP contribution is -2.54. The summed E-state index contributed by atoms with van der Waals surface area (Å²) in [6.07, 6.45) is 0.372. The van der Waals surface area contributed by atoms with Crippen molar-refractivity contribution in [2.24, 2.45) is 0 Å². The zero-order chi connectivity index (χ0) is 17.8. The van der Waals surface area contributed by atoms with Crippen LogP contribution < -0.4 is 10.6 Å². The van der Waals surface area contributed by atoms with Gasteiger partial charge in [0.05, 0.1) is 25.4 Å². The van der Waals surface area contributed by atoms with Crippen molar-refractivity contribution in [2.75, 3.05) is 26.3 Å². The van der Waals surface area contributed by atoms with Crippen LogP contribution in [0.25, 0.3) is 0 Å². The number of carbonyl (C=O) groups excluding carboxylic acids is 2. The molecular formula is C18H25N3O4. The molecular weight excluding hydrogens is 322 g/mol. The first-order valence-electron chi connectivity index (χ1n) is 8.79. The monoisotopic (exact) mass is 347 g/mol. The van der Waals surface area contributed by atoms with E-state index in [4.69, 9.17) is 4.74 Å². The number of fused-ring (bicyclic) bond motifs is 1. The van der Waals surface area contributed by atoms with Gasteiger partial charge in [-0.25, -0.2) is 4.79 Å². The number of hydrogen-bond acceptors (Lipinski definition) is 4. The van der Waals surface area contributed by atoms with Crippen LogP contribution in [0.5, 0.6) is 0 Å². The van der Waals surface area contributed by atoms with Crippen molar-refractivity contribution in [3.63, 3.8) is 0 Å². The van der Waals surface area contributed by atoms with E-state index in [1.165, 1.54) is 0 Å². The lowest BCUT2D eigenvalue weighted by molar-refractivity contribution is -0.137. The fourth-order valence-corrected chi connectivity index (χ4v) is 3.43. The van der Waals surface area contributed by atoms with Crippen molar-refractivity contribution in [1.82, 2.24) is 15.5 Å². The molecule has 136 valence electrons. The van der Waals surface area contributed by atoms with Crippen LogP contribution >= 0.6 is 0 Å². The van der Waals surface area contributed by atoms with Gasteiger partial charge in [0.1, 0.15) is 6.04 Å². The van der Waals surface area contributed by atoms with Gasteiger partial charge in [-0.2, -0.15) is 0 Å². The second-order valence-corrected chi connectivity index (χ2v) is 6.46. The van der Waals surface area contributed by atoms with E-state index in [1.54, 1.807) is 4.90 Å². The van der Waals surface area contributed by atoms with Gasteiger partial charge >= 0.3 is 6.03 Å². The Bertz CT molecular complexity index is 631. The van der Waals surface area contributed by atoms with E-state index < -0.39 is 24.2 Å². The molecule has 3 atom stereocenters. The summed E-state index contributed by atoms with van der Waals surface area (Å²) in [5.41, 5.74) is 1.97. The number of carbonyl (C=O) groups is 2. The zero-order valence-electron chi connectivity index (χ0n) is 14.4. The van der Waals surface area contributed by atoms with Gasteiger partial charge in [0.2, 0.25) is 5.91 Å². The summed E-state index contributed by atoms with van der Waals surface area (Å²) in [6, 6.07) is 6.21. The maximum absolute atomic E-state index is 12.5. The van der Waals surface area contributed by atoms with Crippen LogP contribution in [0.4, 0.5) is 4.79 Å². The number of benzene rings is 1. The molecule has 0 saturated carbocycles. The molecule has 25 heavy (non-hydrogen) atoms. The highest BCUT2D eigenvalue weighted by molar-refractivity contribution is 5.87. The van der Waals surface area contributed by atoms with Gasteiger partial charge < -0.3 is 25.4 Å². The molecule has 0 bridgehead atoms. The average Bonchev–Trinajstić information content (AvgIpc) is 2.95. The third-order valence-electron chi connectivity index (χ3n) is 4.83. The van der Waals surface area contributed by atoms with Crippen LogP contribution in [-0.2, 0) is 16.0 Å². The SMILES string of the molecule is CCC(NC(=O)N[C@@H]1c2ccccc2C[C@@H]1O)C(=O)N1CCOCC1. The van der Waals surface area contributed by atoms with E-state index in [2.05, 4.69) is 10.6 Å². The molecule has 1 aliphatic carbocycles. The minimum atomic E-state index is -0.654. The predicted molar refractivity (Wildman–Crippen MR) is 92.0 cm³/mol. The van der Waals surface area contributed by atoms with Gasteiger partial charge in [0.15, 0.2) is 0 Å². The number of aliphatic hydroxyl groups is 1. The summed E-state index contributed by atoms with van der Waals surface area (Å²) in [7, 11) is 0. The van der Waals surface area contributed by atoms with E-state index in [0.717, 1.165) is 11.1 Å². The van der Waals surface area contributed by atoms with Gasteiger partial charge in [0.25, 0.3) is 0 Å². The van der Waals surface area contributed by atoms with E-state index in [-0.39, 0.29) is 5.91 Å². The van der Waals surface area contributed by atoms with Gasteiger partial charge in [-0.1, -0.05) is 31.2 Å². The summed E-state index contributed by atoms with van der Waals surface area (Å²) >= 11 is 0. The standard InChI is InChI=1S/C18H25N3O4/c1-2-14(17(23)21-7-9-25-10-8-21)19-18(24)20-16-13-6-4-3-5-12(13)11-15(16)22/h3-6,14-16,22H,2,7-11H2,1H3,(H2,19,20,24)/t14?,15-,16+/m0/s1. The van der Waals surface area contributed by atoms with E-state index >= 15 is 0 Å². The third-order valence-corrected chi connectivity index (χ3v) is 4.83.